The molecule has 1 aliphatic rings. The number of alkyl halides is 3. The van der Waals surface area contributed by atoms with Crippen LogP contribution in [0.5, 0.6) is 0 Å². The van der Waals surface area contributed by atoms with Gasteiger partial charge in [0, 0.05) is 25.3 Å². The van der Waals surface area contributed by atoms with Crippen LogP contribution in [0.2, 0.25) is 0 Å². The van der Waals surface area contributed by atoms with Gasteiger partial charge < -0.3 is 10.6 Å². The summed E-state index contributed by atoms with van der Waals surface area (Å²) in [6.45, 7) is 2.86. The second-order valence-electron chi connectivity index (χ2n) is 4.42. The van der Waals surface area contributed by atoms with E-state index >= 15 is 0 Å². The topological polar surface area (TPSA) is 42.2 Å². The summed E-state index contributed by atoms with van der Waals surface area (Å²) in [5.41, 5.74) is 5.12. The van der Waals surface area contributed by atoms with Crippen molar-refractivity contribution in [3.05, 3.63) is 23.9 Å². The molecule has 1 fully saturated rings. The van der Waals surface area contributed by atoms with Crippen LogP contribution >= 0.6 is 0 Å². The number of nitrogens with zero attached hydrogens (tertiary/aromatic N) is 2. The van der Waals surface area contributed by atoms with E-state index in [4.69, 9.17) is 5.73 Å². The van der Waals surface area contributed by atoms with Crippen LogP contribution in [0, 0.1) is 5.92 Å². The Balaban J connectivity index is 2.33. The lowest BCUT2D eigenvalue weighted by Crippen LogP contribution is -2.29. The van der Waals surface area contributed by atoms with Gasteiger partial charge in [-0.15, -0.1) is 0 Å². The Morgan fingerprint density at radius 3 is 2.65 bits per heavy atom. The van der Waals surface area contributed by atoms with Crippen LogP contribution in [0.1, 0.15) is 12.5 Å². The highest BCUT2D eigenvalue weighted by atomic mass is 19.4. The van der Waals surface area contributed by atoms with Crippen molar-refractivity contribution in [2.24, 2.45) is 11.7 Å². The summed E-state index contributed by atoms with van der Waals surface area (Å²) in [4.78, 5) is 5.46. The number of aromatic nitrogens is 1. The largest absolute Gasteiger partial charge is 0.419 e. The van der Waals surface area contributed by atoms with Crippen molar-refractivity contribution < 1.29 is 13.2 Å². The fraction of sp³-hybridized carbons (Fsp3) is 0.545. The first-order valence-corrected chi connectivity index (χ1v) is 5.42. The molecule has 0 aliphatic carbocycles. The molecule has 0 amide bonds. The molecule has 6 heteroatoms. The quantitative estimate of drug-likeness (QED) is 0.821. The number of hydrogen-bond acceptors (Lipinski definition) is 3. The van der Waals surface area contributed by atoms with Crippen molar-refractivity contribution in [3.63, 3.8) is 0 Å². The Bertz CT molecular complexity index is 395. The van der Waals surface area contributed by atoms with E-state index in [2.05, 4.69) is 4.98 Å². The van der Waals surface area contributed by atoms with E-state index in [1.165, 1.54) is 12.3 Å². The lowest BCUT2D eigenvalue weighted by molar-refractivity contribution is -0.137. The molecule has 3 nitrogen and oxygen atoms in total. The Morgan fingerprint density at radius 2 is 2.12 bits per heavy atom. The zero-order valence-electron chi connectivity index (χ0n) is 9.41. The lowest BCUT2D eigenvalue weighted by atomic mass is 10.1. The molecule has 1 aromatic rings. The van der Waals surface area contributed by atoms with Crippen molar-refractivity contribution in [1.29, 1.82) is 0 Å². The van der Waals surface area contributed by atoms with Gasteiger partial charge in [0.25, 0.3) is 0 Å². The van der Waals surface area contributed by atoms with Crippen LogP contribution in [-0.2, 0) is 6.18 Å². The molecule has 0 spiro atoms. The van der Waals surface area contributed by atoms with Gasteiger partial charge in [-0.1, -0.05) is 6.92 Å². The lowest BCUT2D eigenvalue weighted by Gasteiger charge is -2.21. The summed E-state index contributed by atoms with van der Waals surface area (Å²) >= 11 is 0. The second-order valence-corrected chi connectivity index (χ2v) is 4.42. The number of nitrogens with two attached hydrogens (primary N) is 1. The smallest absolute Gasteiger partial charge is 0.354 e. The monoisotopic (exact) mass is 245 g/mol. The van der Waals surface area contributed by atoms with Crippen LogP contribution < -0.4 is 10.6 Å². The number of pyridine rings is 1. The Labute approximate surface area is 97.4 Å². The second kappa shape index (κ2) is 4.18. The first kappa shape index (κ1) is 12.2. The van der Waals surface area contributed by atoms with Crippen LogP contribution in [0.4, 0.5) is 19.0 Å². The summed E-state index contributed by atoms with van der Waals surface area (Å²) in [6.07, 6.45) is -3.00. The molecule has 0 bridgehead atoms. The van der Waals surface area contributed by atoms with Gasteiger partial charge in [-0.2, -0.15) is 13.2 Å². The fourth-order valence-electron chi connectivity index (χ4n) is 2.04. The van der Waals surface area contributed by atoms with Gasteiger partial charge in [0.15, 0.2) is 0 Å². The van der Waals surface area contributed by atoms with E-state index in [9.17, 15) is 13.2 Å². The van der Waals surface area contributed by atoms with Gasteiger partial charge in [0.2, 0.25) is 0 Å². The predicted molar refractivity (Wildman–Crippen MR) is 58.6 cm³/mol. The number of anilines is 1. The van der Waals surface area contributed by atoms with E-state index < -0.39 is 11.7 Å². The minimum atomic E-state index is -4.38. The molecule has 94 valence electrons. The molecule has 1 aliphatic heterocycles. The van der Waals surface area contributed by atoms with Gasteiger partial charge in [0.1, 0.15) is 5.82 Å². The predicted octanol–water partition coefficient (Wildman–Crippen LogP) is 1.88. The Kier molecular flexibility index (Phi) is 2.99. The van der Waals surface area contributed by atoms with Crippen LogP contribution in [-0.4, -0.2) is 24.1 Å². The maximum Gasteiger partial charge on any atom is 0.419 e. The van der Waals surface area contributed by atoms with E-state index in [1.807, 2.05) is 6.92 Å². The molecule has 2 rings (SSSR count). The Morgan fingerprint density at radius 1 is 1.41 bits per heavy atom. The molecule has 0 aromatic carbocycles. The Hall–Kier alpha value is -1.30. The van der Waals surface area contributed by atoms with Gasteiger partial charge in [-0.3, -0.25) is 0 Å². The SMILES string of the molecule is CC1CN(c2ncccc2C(F)(F)F)CC1N. The first-order chi connectivity index (χ1) is 7.89. The first-order valence-electron chi connectivity index (χ1n) is 5.42. The minimum Gasteiger partial charge on any atom is -0.354 e. The summed E-state index contributed by atoms with van der Waals surface area (Å²) < 4.78 is 38.4. The highest BCUT2D eigenvalue weighted by Crippen LogP contribution is 2.36. The maximum atomic E-state index is 12.8. The normalized spacial score (nSPS) is 25.4. The number of halogens is 3. The van der Waals surface area contributed by atoms with Gasteiger partial charge in [-0.25, -0.2) is 4.98 Å². The van der Waals surface area contributed by atoms with Crippen LogP contribution in [0.25, 0.3) is 0 Å². The molecule has 2 atom stereocenters. The standard InChI is InChI=1S/C11H14F3N3/c1-7-5-17(6-9(7)15)10-8(11(12,13)14)3-2-4-16-10/h2-4,7,9H,5-6,15H2,1H3. The molecule has 17 heavy (non-hydrogen) atoms. The number of rotatable bonds is 1. The molecule has 2 unspecified atom stereocenters. The molecule has 1 saturated heterocycles. The van der Waals surface area contributed by atoms with Gasteiger partial charge in [-0.05, 0) is 18.1 Å². The van der Waals surface area contributed by atoms with Crippen molar-refractivity contribution >= 4 is 5.82 Å². The fourth-order valence-corrected chi connectivity index (χ4v) is 2.04. The van der Waals surface area contributed by atoms with E-state index in [-0.39, 0.29) is 17.8 Å². The average molecular weight is 245 g/mol. The van der Waals surface area contributed by atoms with Crippen molar-refractivity contribution in [2.45, 2.75) is 19.1 Å². The number of hydrogen-bond donors (Lipinski definition) is 1. The molecular formula is C11H14F3N3. The van der Waals surface area contributed by atoms with E-state index in [0.717, 1.165) is 6.07 Å². The van der Waals surface area contributed by atoms with Gasteiger partial charge >= 0.3 is 6.18 Å². The van der Waals surface area contributed by atoms with Crippen molar-refractivity contribution in [3.8, 4) is 0 Å². The molecule has 1 aromatic heterocycles. The van der Waals surface area contributed by atoms with Crippen LogP contribution in [0.3, 0.4) is 0 Å². The summed E-state index contributed by atoms with van der Waals surface area (Å²) in [7, 11) is 0. The third-order valence-electron chi connectivity index (χ3n) is 3.06. The molecular weight excluding hydrogens is 231 g/mol. The molecule has 2 heterocycles. The van der Waals surface area contributed by atoms with Crippen molar-refractivity contribution in [1.82, 2.24) is 4.98 Å². The summed E-state index contributed by atoms with van der Waals surface area (Å²) in [5.74, 6) is 0.165. The summed E-state index contributed by atoms with van der Waals surface area (Å²) in [6, 6.07) is 2.25. The zero-order chi connectivity index (χ0) is 12.6. The van der Waals surface area contributed by atoms with Gasteiger partial charge in [0.05, 0.1) is 5.56 Å². The highest BCUT2D eigenvalue weighted by Gasteiger charge is 2.38. The molecule has 0 radical (unpaired) electrons. The molecule has 2 N–H and O–H groups in total. The molecule has 0 saturated carbocycles. The minimum absolute atomic E-state index is 0.0141. The third-order valence-corrected chi connectivity index (χ3v) is 3.06. The maximum absolute atomic E-state index is 12.8. The average Bonchev–Trinajstić information content (AvgIpc) is 2.58. The highest BCUT2D eigenvalue weighted by molar-refractivity contribution is 5.49. The summed E-state index contributed by atoms with van der Waals surface area (Å²) in [5, 5.41) is 0. The van der Waals surface area contributed by atoms with Crippen molar-refractivity contribution in [2.75, 3.05) is 18.0 Å². The van der Waals surface area contributed by atoms with Crippen LogP contribution in [0.15, 0.2) is 18.3 Å². The zero-order valence-corrected chi connectivity index (χ0v) is 9.41. The van der Waals surface area contributed by atoms with E-state index in [0.29, 0.717) is 13.1 Å². The van der Waals surface area contributed by atoms with E-state index in [1.54, 1.807) is 4.90 Å². The third kappa shape index (κ3) is 2.36.